The van der Waals surface area contributed by atoms with Gasteiger partial charge in [-0.2, -0.15) is 4.68 Å². The Hall–Kier alpha value is -2.26. The summed E-state index contributed by atoms with van der Waals surface area (Å²) in [5.41, 5.74) is 2.11. The minimum absolute atomic E-state index is 0.409. The molecule has 1 aliphatic heterocycles. The largest absolute Gasteiger partial charge is 0.466 e. The fourth-order valence-corrected chi connectivity index (χ4v) is 4.86. The summed E-state index contributed by atoms with van der Waals surface area (Å²) in [4.78, 5) is 12.4. The number of hydrogen-bond acceptors (Lipinski definition) is 7. The second-order valence-corrected chi connectivity index (χ2v) is 7.66. The van der Waals surface area contributed by atoms with Gasteiger partial charge in [-0.1, -0.05) is 23.3 Å². The van der Waals surface area contributed by atoms with Gasteiger partial charge in [0.1, 0.15) is 6.04 Å². The molecule has 4 rings (SSSR count). The number of methoxy groups -OCH3 is 1. The number of hydrogen-bond donors (Lipinski definition) is 1. The lowest BCUT2D eigenvalue weighted by molar-refractivity contribution is -0.136. The number of ether oxygens (including phenoxy) is 1. The number of thiophene rings is 1. The van der Waals surface area contributed by atoms with Crippen LogP contribution in [0.5, 0.6) is 0 Å². The van der Waals surface area contributed by atoms with Crippen LogP contribution in [0.2, 0.25) is 0 Å². The molecule has 0 saturated heterocycles. The smallest absolute Gasteiger partial charge is 0.338 e. The topological polar surface area (TPSA) is 81.9 Å². The molecule has 1 unspecified atom stereocenters. The highest BCUT2D eigenvalue weighted by Gasteiger charge is 2.37. The monoisotopic (exact) mass is 405 g/mol. The Balaban J connectivity index is 2.03. The Morgan fingerprint density at radius 3 is 3.00 bits per heavy atom. The van der Waals surface area contributed by atoms with E-state index in [4.69, 9.17) is 4.74 Å². The van der Waals surface area contributed by atoms with Gasteiger partial charge in [0.05, 0.1) is 16.5 Å². The van der Waals surface area contributed by atoms with E-state index in [1.54, 1.807) is 16.0 Å². The van der Waals surface area contributed by atoms with Gasteiger partial charge in [-0.3, -0.25) is 0 Å². The lowest BCUT2D eigenvalue weighted by Crippen LogP contribution is -2.29. The van der Waals surface area contributed by atoms with Crippen molar-refractivity contribution < 1.29 is 9.53 Å². The van der Waals surface area contributed by atoms with Gasteiger partial charge in [0.15, 0.2) is 0 Å². The molecule has 0 aliphatic carbocycles. The summed E-state index contributed by atoms with van der Waals surface area (Å²) < 4.78 is 8.67. The van der Waals surface area contributed by atoms with Crippen LogP contribution in [0.4, 0.5) is 5.95 Å². The van der Waals surface area contributed by atoms with Crippen LogP contribution in [0.1, 0.15) is 18.5 Å². The minimum Gasteiger partial charge on any atom is -0.466 e. The van der Waals surface area contributed by atoms with E-state index in [1.165, 1.54) is 7.11 Å². The van der Waals surface area contributed by atoms with E-state index in [2.05, 4.69) is 36.8 Å². The van der Waals surface area contributed by atoms with Crippen LogP contribution in [-0.4, -0.2) is 33.3 Å². The van der Waals surface area contributed by atoms with Gasteiger partial charge in [-0.05, 0) is 44.7 Å². The first-order valence-electron chi connectivity index (χ1n) is 7.12. The van der Waals surface area contributed by atoms with E-state index in [9.17, 15) is 4.79 Å². The SMILES string of the molecule is COC(=O)C1=C(C)Nc2nnnn2C1c1c(Br)sc2ccccc12. The summed E-state index contributed by atoms with van der Waals surface area (Å²) in [6.07, 6.45) is 0. The normalized spacial score (nSPS) is 16.9. The lowest BCUT2D eigenvalue weighted by atomic mass is 9.95. The molecule has 1 aromatic carbocycles. The predicted molar refractivity (Wildman–Crippen MR) is 93.8 cm³/mol. The van der Waals surface area contributed by atoms with Crippen molar-refractivity contribution >= 4 is 49.3 Å². The van der Waals surface area contributed by atoms with E-state index in [0.29, 0.717) is 17.2 Å². The van der Waals surface area contributed by atoms with Crippen LogP contribution >= 0.6 is 27.3 Å². The average Bonchev–Trinajstić information content (AvgIpc) is 3.16. The quantitative estimate of drug-likeness (QED) is 0.659. The molecular formula is C15H12BrN5O2S. The highest BCUT2D eigenvalue weighted by Crippen LogP contribution is 2.45. The van der Waals surface area contributed by atoms with E-state index < -0.39 is 12.0 Å². The Morgan fingerprint density at radius 2 is 2.21 bits per heavy atom. The average molecular weight is 406 g/mol. The van der Waals surface area contributed by atoms with Crippen molar-refractivity contribution in [3.63, 3.8) is 0 Å². The number of rotatable bonds is 2. The van der Waals surface area contributed by atoms with Crippen LogP contribution in [0.15, 0.2) is 39.3 Å². The standard InChI is InChI=1S/C15H12BrN5O2S/c1-7-10(14(22)23-2)12(21-15(17-7)18-19-20-21)11-8-5-3-4-6-9(8)24-13(11)16/h3-6,12H,1-2H3,(H,17,18,20). The minimum atomic E-state index is -0.464. The molecule has 0 bridgehead atoms. The van der Waals surface area contributed by atoms with E-state index in [0.717, 1.165) is 19.4 Å². The first-order chi connectivity index (χ1) is 11.6. The Labute approximate surface area is 149 Å². The van der Waals surface area contributed by atoms with Crippen molar-refractivity contribution in [3.8, 4) is 0 Å². The number of tetrazole rings is 1. The fraction of sp³-hybridized carbons (Fsp3) is 0.200. The van der Waals surface area contributed by atoms with Gasteiger partial charge < -0.3 is 10.1 Å². The Kier molecular flexibility index (Phi) is 3.61. The Morgan fingerprint density at radius 1 is 1.42 bits per heavy atom. The first-order valence-corrected chi connectivity index (χ1v) is 8.73. The zero-order chi connectivity index (χ0) is 16.8. The molecule has 1 aliphatic rings. The molecule has 0 fully saturated rings. The first kappa shape index (κ1) is 15.3. The van der Waals surface area contributed by atoms with E-state index in [1.807, 2.05) is 31.2 Å². The molecule has 9 heteroatoms. The number of aromatic nitrogens is 4. The number of benzene rings is 1. The van der Waals surface area contributed by atoms with Gasteiger partial charge in [0.25, 0.3) is 0 Å². The highest BCUT2D eigenvalue weighted by molar-refractivity contribution is 9.11. The van der Waals surface area contributed by atoms with Gasteiger partial charge >= 0.3 is 5.97 Å². The van der Waals surface area contributed by atoms with Gasteiger partial charge in [0, 0.05) is 16.0 Å². The highest BCUT2D eigenvalue weighted by atomic mass is 79.9. The number of halogens is 1. The van der Waals surface area contributed by atoms with Crippen LogP contribution in [0.25, 0.3) is 10.1 Å². The summed E-state index contributed by atoms with van der Waals surface area (Å²) >= 11 is 5.26. The molecule has 1 N–H and O–H groups in total. The number of carbonyl (C=O) groups excluding carboxylic acids is 1. The third-order valence-corrected chi connectivity index (χ3v) is 5.87. The predicted octanol–water partition coefficient (Wildman–Crippen LogP) is 3.11. The second kappa shape index (κ2) is 5.67. The number of fused-ring (bicyclic) bond motifs is 2. The van der Waals surface area contributed by atoms with Crippen molar-refractivity contribution in [1.82, 2.24) is 20.2 Å². The van der Waals surface area contributed by atoms with Crippen molar-refractivity contribution in [1.29, 1.82) is 0 Å². The van der Waals surface area contributed by atoms with Gasteiger partial charge in [-0.15, -0.1) is 11.3 Å². The molecule has 122 valence electrons. The van der Waals surface area contributed by atoms with E-state index in [-0.39, 0.29) is 0 Å². The molecule has 0 spiro atoms. The van der Waals surface area contributed by atoms with Crippen LogP contribution in [0, 0.1) is 0 Å². The molecule has 3 aromatic rings. The maximum absolute atomic E-state index is 12.4. The molecular weight excluding hydrogens is 394 g/mol. The maximum Gasteiger partial charge on any atom is 0.338 e. The zero-order valence-corrected chi connectivity index (χ0v) is 15.2. The lowest BCUT2D eigenvalue weighted by Gasteiger charge is -2.27. The van der Waals surface area contributed by atoms with Crippen molar-refractivity contribution in [2.24, 2.45) is 0 Å². The molecule has 0 amide bonds. The van der Waals surface area contributed by atoms with E-state index >= 15 is 0 Å². The summed E-state index contributed by atoms with van der Waals surface area (Å²) in [5.74, 6) is 0.0839. The van der Waals surface area contributed by atoms with Crippen LogP contribution in [-0.2, 0) is 9.53 Å². The number of nitrogens with zero attached hydrogens (tertiary/aromatic N) is 4. The fourth-order valence-electron chi connectivity index (χ4n) is 2.94. The molecule has 1 atom stereocenters. The van der Waals surface area contributed by atoms with Gasteiger partial charge in [-0.25, -0.2) is 4.79 Å². The third kappa shape index (κ3) is 2.15. The molecule has 2 aromatic heterocycles. The molecule has 3 heterocycles. The van der Waals surface area contributed by atoms with Crippen molar-refractivity contribution in [3.05, 3.63) is 44.9 Å². The molecule has 7 nitrogen and oxygen atoms in total. The summed E-state index contributed by atoms with van der Waals surface area (Å²) in [5, 5.41) is 15.9. The Bertz CT molecular complexity index is 993. The van der Waals surface area contributed by atoms with Crippen LogP contribution < -0.4 is 5.32 Å². The zero-order valence-electron chi connectivity index (χ0n) is 12.8. The number of carbonyl (C=O) groups is 1. The van der Waals surface area contributed by atoms with Crippen molar-refractivity contribution in [2.45, 2.75) is 13.0 Å². The second-order valence-electron chi connectivity index (χ2n) is 5.29. The summed E-state index contributed by atoms with van der Waals surface area (Å²) in [7, 11) is 1.37. The third-order valence-electron chi connectivity index (χ3n) is 3.98. The molecule has 24 heavy (non-hydrogen) atoms. The maximum atomic E-state index is 12.4. The number of anilines is 1. The molecule has 0 radical (unpaired) electrons. The number of nitrogens with one attached hydrogen (secondary N) is 1. The number of allylic oxidation sites excluding steroid dienone is 1. The summed E-state index contributed by atoms with van der Waals surface area (Å²) in [6, 6.07) is 7.57. The van der Waals surface area contributed by atoms with Crippen molar-refractivity contribution in [2.75, 3.05) is 12.4 Å². The molecule has 0 saturated carbocycles. The van der Waals surface area contributed by atoms with Crippen LogP contribution in [0.3, 0.4) is 0 Å². The summed E-state index contributed by atoms with van der Waals surface area (Å²) in [6.45, 7) is 1.82. The van der Waals surface area contributed by atoms with Gasteiger partial charge in [0.2, 0.25) is 5.95 Å². The number of esters is 1.